The molecule has 0 saturated heterocycles. The topological polar surface area (TPSA) is 37.3 Å². The Labute approximate surface area is 127 Å². The zero-order chi connectivity index (χ0) is 14.8. The Hall–Kier alpha value is -0.890. The van der Waals surface area contributed by atoms with Crippen LogP contribution >= 0.6 is 0 Å². The van der Waals surface area contributed by atoms with Crippen LogP contribution in [0.1, 0.15) is 58.8 Å². The van der Waals surface area contributed by atoms with Gasteiger partial charge in [0.25, 0.3) is 0 Å². The van der Waals surface area contributed by atoms with Crippen LogP contribution in [0.25, 0.3) is 0 Å². The first-order chi connectivity index (χ1) is 9.95. The van der Waals surface area contributed by atoms with Crippen LogP contribution in [-0.4, -0.2) is 17.0 Å². The zero-order valence-electron chi connectivity index (χ0n) is 13.2. The van der Waals surface area contributed by atoms with Crippen LogP contribution in [0, 0.1) is 22.7 Å². The number of aliphatic hydroxyl groups excluding tert-OH is 1. The summed E-state index contributed by atoms with van der Waals surface area (Å²) < 4.78 is 0. The summed E-state index contributed by atoms with van der Waals surface area (Å²) in [6, 6.07) is 0. The molecule has 21 heavy (non-hydrogen) atoms. The SMILES string of the molecule is C[C@]12CC[C@H](O)CC1=CC=C1[C@@H]2CC[C@]2(C)C(=O)CC[C@@H]12. The molecule has 2 nitrogen and oxygen atoms in total. The van der Waals surface area contributed by atoms with E-state index < -0.39 is 0 Å². The molecule has 1 N–H and O–H groups in total. The smallest absolute Gasteiger partial charge is 0.139 e. The predicted octanol–water partition coefficient (Wildman–Crippen LogP) is 3.80. The van der Waals surface area contributed by atoms with Crippen LogP contribution in [0.5, 0.6) is 0 Å². The molecule has 0 aromatic heterocycles. The Morgan fingerprint density at radius 3 is 2.57 bits per heavy atom. The average molecular weight is 286 g/mol. The fraction of sp³-hybridized carbons (Fsp3) is 0.737. The van der Waals surface area contributed by atoms with Gasteiger partial charge in [0.1, 0.15) is 5.78 Å². The zero-order valence-corrected chi connectivity index (χ0v) is 13.2. The molecule has 0 aromatic carbocycles. The monoisotopic (exact) mass is 286 g/mol. The van der Waals surface area contributed by atoms with Gasteiger partial charge in [-0.3, -0.25) is 4.79 Å². The molecule has 0 bridgehead atoms. The lowest BCUT2D eigenvalue weighted by molar-refractivity contribution is -0.127. The van der Waals surface area contributed by atoms with Crippen LogP contribution in [0.2, 0.25) is 0 Å². The quantitative estimate of drug-likeness (QED) is 0.735. The van der Waals surface area contributed by atoms with Crippen molar-refractivity contribution >= 4 is 5.78 Å². The molecule has 3 fully saturated rings. The lowest BCUT2D eigenvalue weighted by atomic mass is 9.51. The van der Waals surface area contributed by atoms with Crippen molar-refractivity contribution in [2.24, 2.45) is 22.7 Å². The number of rotatable bonds is 0. The fourth-order valence-electron chi connectivity index (χ4n) is 5.76. The van der Waals surface area contributed by atoms with Crippen LogP contribution in [0.4, 0.5) is 0 Å². The molecule has 2 heteroatoms. The maximum Gasteiger partial charge on any atom is 0.139 e. The molecule has 3 saturated carbocycles. The number of ketones is 1. The van der Waals surface area contributed by atoms with Crippen LogP contribution in [-0.2, 0) is 4.79 Å². The van der Waals surface area contributed by atoms with Crippen LogP contribution < -0.4 is 0 Å². The van der Waals surface area contributed by atoms with Crippen molar-refractivity contribution in [3.05, 3.63) is 23.3 Å². The number of carbonyl (C=O) groups is 1. The van der Waals surface area contributed by atoms with E-state index in [-0.39, 0.29) is 16.9 Å². The van der Waals surface area contributed by atoms with Crippen molar-refractivity contribution in [3.8, 4) is 0 Å². The van der Waals surface area contributed by atoms with Crippen molar-refractivity contribution < 1.29 is 9.90 Å². The highest BCUT2D eigenvalue weighted by Crippen LogP contribution is 2.62. The van der Waals surface area contributed by atoms with E-state index in [9.17, 15) is 9.90 Å². The maximum atomic E-state index is 12.3. The van der Waals surface area contributed by atoms with Crippen molar-refractivity contribution in [2.75, 3.05) is 0 Å². The molecular formula is C19H26O2. The van der Waals surface area contributed by atoms with E-state index in [4.69, 9.17) is 0 Å². The molecule has 0 aromatic rings. The summed E-state index contributed by atoms with van der Waals surface area (Å²) in [6.07, 6.45) is 11.4. The summed E-state index contributed by atoms with van der Waals surface area (Å²) in [5.41, 5.74) is 3.15. The number of fused-ring (bicyclic) bond motifs is 5. The molecule has 0 aliphatic heterocycles. The minimum Gasteiger partial charge on any atom is -0.393 e. The van der Waals surface area contributed by atoms with Gasteiger partial charge in [-0.2, -0.15) is 0 Å². The van der Waals surface area contributed by atoms with Gasteiger partial charge in [0, 0.05) is 11.8 Å². The summed E-state index contributed by atoms with van der Waals surface area (Å²) in [4.78, 5) is 12.3. The standard InChI is InChI=1S/C19H26O2/c1-18-9-7-13(20)11-12(18)3-4-14-15-5-6-17(21)19(15,2)10-8-16(14)18/h3-4,13,15-16,20H,5-11H2,1-2H3/t13-,15-,16-,18-,19-/m0/s1. The Bertz CT molecular complexity index is 558. The van der Waals surface area contributed by atoms with E-state index in [0.717, 1.165) is 44.9 Å². The third-order valence-electron chi connectivity index (χ3n) is 7.26. The Morgan fingerprint density at radius 1 is 1.05 bits per heavy atom. The highest BCUT2D eigenvalue weighted by molar-refractivity contribution is 5.88. The highest BCUT2D eigenvalue weighted by atomic mass is 16.3. The van der Waals surface area contributed by atoms with Gasteiger partial charge in [0.2, 0.25) is 0 Å². The van der Waals surface area contributed by atoms with Gasteiger partial charge in [-0.1, -0.05) is 37.1 Å². The molecule has 4 aliphatic carbocycles. The number of carbonyl (C=O) groups excluding carboxylic acids is 1. The van der Waals surface area contributed by atoms with Crippen LogP contribution in [0.15, 0.2) is 23.3 Å². The van der Waals surface area contributed by atoms with Gasteiger partial charge in [0.15, 0.2) is 0 Å². The number of allylic oxidation sites excluding steroid dienone is 3. The molecule has 0 spiro atoms. The van der Waals surface area contributed by atoms with Crippen molar-refractivity contribution in [1.29, 1.82) is 0 Å². The molecule has 0 heterocycles. The maximum absolute atomic E-state index is 12.3. The molecule has 4 aliphatic rings. The van der Waals surface area contributed by atoms with Gasteiger partial charge in [0.05, 0.1) is 6.10 Å². The number of hydrogen-bond donors (Lipinski definition) is 1. The second-order valence-electron chi connectivity index (χ2n) is 8.20. The first kappa shape index (κ1) is 13.8. The van der Waals surface area contributed by atoms with Crippen LogP contribution in [0.3, 0.4) is 0 Å². The third-order valence-corrected chi connectivity index (χ3v) is 7.26. The molecular weight excluding hydrogens is 260 g/mol. The van der Waals surface area contributed by atoms with E-state index in [1.807, 2.05) is 0 Å². The minimum atomic E-state index is -0.152. The Balaban J connectivity index is 1.75. The van der Waals surface area contributed by atoms with Gasteiger partial charge in [-0.15, -0.1) is 0 Å². The molecule has 4 rings (SSSR count). The number of aliphatic hydroxyl groups is 1. The first-order valence-electron chi connectivity index (χ1n) is 8.57. The van der Waals surface area contributed by atoms with Crippen molar-refractivity contribution in [1.82, 2.24) is 0 Å². The van der Waals surface area contributed by atoms with Gasteiger partial charge in [-0.05, 0) is 55.8 Å². The predicted molar refractivity (Wildman–Crippen MR) is 82.7 cm³/mol. The van der Waals surface area contributed by atoms with E-state index in [2.05, 4.69) is 26.0 Å². The second kappa shape index (κ2) is 4.32. The van der Waals surface area contributed by atoms with Gasteiger partial charge >= 0.3 is 0 Å². The average Bonchev–Trinajstić information content (AvgIpc) is 2.76. The third kappa shape index (κ3) is 1.72. The normalized spacial score (nSPS) is 48.9. The summed E-state index contributed by atoms with van der Waals surface area (Å²) in [5, 5.41) is 9.98. The van der Waals surface area contributed by atoms with E-state index in [0.29, 0.717) is 17.6 Å². The van der Waals surface area contributed by atoms with Gasteiger partial charge in [-0.25, -0.2) is 0 Å². The van der Waals surface area contributed by atoms with Crippen molar-refractivity contribution in [3.63, 3.8) is 0 Å². The second-order valence-corrected chi connectivity index (χ2v) is 8.20. The molecule has 5 atom stereocenters. The number of Topliss-reactive ketones (excluding diaryl/α,β-unsaturated/α-hetero) is 1. The summed E-state index contributed by atoms with van der Waals surface area (Å²) in [7, 11) is 0. The molecule has 0 radical (unpaired) electrons. The largest absolute Gasteiger partial charge is 0.393 e. The van der Waals surface area contributed by atoms with Crippen molar-refractivity contribution in [2.45, 2.75) is 64.9 Å². The Kier molecular flexibility index (Phi) is 2.83. The van der Waals surface area contributed by atoms with E-state index in [1.165, 1.54) is 5.57 Å². The Morgan fingerprint density at radius 2 is 1.76 bits per heavy atom. The summed E-state index contributed by atoms with van der Waals surface area (Å²) >= 11 is 0. The summed E-state index contributed by atoms with van der Waals surface area (Å²) in [6.45, 7) is 4.61. The fourth-order valence-corrected chi connectivity index (χ4v) is 5.76. The molecule has 114 valence electrons. The van der Waals surface area contributed by atoms with E-state index >= 15 is 0 Å². The lowest BCUT2D eigenvalue weighted by Gasteiger charge is -2.53. The van der Waals surface area contributed by atoms with E-state index in [1.54, 1.807) is 5.57 Å². The highest BCUT2D eigenvalue weighted by Gasteiger charge is 2.56. The molecule has 0 amide bonds. The lowest BCUT2D eigenvalue weighted by Crippen LogP contribution is -2.46. The minimum absolute atomic E-state index is 0.0851. The van der Waals surface area contributed by atoms with Gasteiger partial charge < -0.3 is 5.11 Å². The summed E-state index contributed by atoms with van der Waals surface area (Å²) in [5.74, 6) is 1.57. The molecule has 0 unspecified atom stereocenters. The first-order valence-corrected chi connectivity index (χ1v) is 8.57. The number of hydrogen-bond acceptors (Lipinski definition) is 2.